The zero-order chi connectivity index (χ0) is 19.3. The molecule has 2 heterocycles. The van der Waals surface area contributed by atoms with Crippen molar-refractivity contribution in [3.63, 3.8) is 0 Å². The van der Waals surface area contributed by atoms with Crippen LogP contribution in [0.4, 0.5) is 4.39 Å². The fourth-order valence-corrected chi connectivity index (χ4v) is 3.58. The predicted molar refractivity (Wildman–Crippen MR) is 96.0 cm³/mol. The van der Waals surface area contributed by atoms with Crippen LogP contribution in [0.3, 0.4) is 0 Å². The summed E-state index contributed by atoms with van der Waals surface area (Å²) in [5.74, 6) is -2.18. The Bertz CT molecular complexity index is 1090. The summed E-state index contributed by atoms with van der Waals surface area (Å²) in [6.07, 6.45) is -0.0336. The summed E-state index contributed by atoms with van der Waals surface area (Å²) in [6, 6.07) is 9.09. The van der Waals surface area contributed by atoms with E-state index < -0.39 is 23.5 Å². The fourth-order valence-electron chi connectivity index (χ4n) is 3.38. The van der Waals surface area contributed by atoms with Gasteiger partial charge in [-0.3, -0.25) is 4.79 Å². The molecule has 138 valence electrons. The van der Waals surface area contributed by atoms with Crippen LogP contribution < -0.4 is 4.74 Å². The minimum absolute atomic E-state index is 0.0434. The van der Waals surface area contributed by atoms with Crippen LogP contribution in [0, 0.1) is 6.92 Å². The van der Waals surface area contributed by atoms with Crippen molar-refractivity contribution in [2.24, 2.45) is 0 Å². The SMILES string of the molecule is COC(=O)C1(F)C(=O)c2ccc3occ(C)c3c2OC1c1cccc(Cl)c1. The van der Waals surface area contributed by atoms with E-state index in [4.69, 9.17) is 20.8 Å². The first-order valence-corrected chi connectivity index (χ1v) is 8.50. The summed E-state index contributed by atoms with van der Waals surface area (Å²) in [7, 11) is 1.02. The van der Waals surface area contributed by atoms with Gasteiger partial charge in [0.2, 0.25) is 5.78 Å². The third-order valence-corrected chi connectivity index (χ3v) is 4.92. The molecule has 2 atom stereocenters. The maximum atomic E-state index is 15.9. The Labute approximate surface area is 158 Å². The molecule has 0 N–H and O–H groups in total. The molecule has 2 unspecified atom stereocenters. The van der Waals surface area contributed by atoms with Gasteiger partial charge in [-0.25, -0.2) is 9.18 Å². The number of ketones is 1. The van der Waals surface area contributed by atoms with E-state index in [1.807, 2.05) is 0 Å². The van der Waals surface area contributed by atoms with Crippen LogP contribution in [0.1, 0.15) is 27.6 Å². The van der Waals surface area contributed by atoms with Crippen LogP contribution in [-0.2, 0) is 9.53 Å². The topological polar surface area (TPSA) is 65.7 Å². The number of methoxy groups -OCH3 is 1. The number of furan rings is 1. The van der Waals surface area contributed by atoms with E-state index in [0.717, 1.165) is 12.7 Å². The first kappa shape index (κ1) is 17.5. The van der Waals surface area contributed by atoms with E-state index in [-0.39, 0.29) is 16.9 Å². The highest BCUT2D eigenvalue weighted by molar-refractivity contribution is 6.30. The van der Waals surface area contributed by atoms with Crippen molar-refractivity contribution in [2.45, 2.75) is 18.7 Å². The number of Topliss-reactive ketones (excluding diaryl/α,β-unsaturated/α-hetero) is 1. The second kappa shape index (κ2) is 6.09. The minimum atomic E-state index is -3.04. The maximum Gasteiger partial charge on any atom is 0.356 e. The average molecular weight is 389 g/mol. The van der Waals surface area contributed by atoms with Gasteiger partial charge in [-0.2, -0.15) is 0 Å². The van der Waals surface area contributed by atoms with Crippen LogP contribution in [-0.4, -0.2) is 24.5 Å². The molecule has 0 fully saturated rings. The summed E-state index contributed by atoms with van der Waals surface area (Å²) >= 11 is 6.02. The maximum absolute atomic E-state index is 15.9. The zero-order valence-electron chi connectivity index (χ0n) is 14.4. The van der Waals surface area contributed by atoms with Crippen LogP contribution >= 0.6 is 11.6 Å². The number of alkyl halides is 1. The van der Waals surface area contributed by atoms with E-state index in [1.54, 1.807) is 25.1 Å². The van der Waals surface area contributed by atoms with E-state index >= 15 is 4.39 Å². The van der Waals surface area contributed by atoms with Gasteiger partial charge in [-0.15, -0.1) is 0 Å². The van der Waals surface area contributed by atoms with Crippen molar-refractivity contribution in [1.29, 1.82) is 0 Å². The molecular formula is C20H14ClFO5. The number of rotatable bonds is 2. The molecular weight excluding hydrogens is 375 g/mol. The van der Waals surface area contributed by atoms with Crippen molar-refractivity contribution < 1.29 is 27.9 Å². The van der Waals surface area contributed by atoms with Crippen LogP contribution in [0.25, 0.3) is 11.0 Å². The number of hydrogen-bond donors (Lipinski definition) is 0. The summed E-state index contributed by atoms with van der Waals surface area (Å²) in [5.41, 5.74) is -1.62. The van der Waals surface area contributed by atoms with E-state index in [1.165, 1.54) is 24.5 Å². The minimum Gasteiger partial charge on any atom is -0.480 e. The Balaban J connectivity index is 2.00. The standard InChI is InChI=1S/C20H14ClFO5/c1-10-9-26-14-7-6-13-16(15(10)14)27-18(11-4-3-5-12(21)8-11)20(22,17(13)23)19(24)25-2/h3-9,18H,1-2H3. The Hall–Kier alpha value is -2.86. The lowest BCUT2D eigenvalue weighted by Crippen LogP contribution is -2.52. The number of hydrogen-bond acceptors (Lipinski definition) is 5. The predicted octanol–water partition coefficient (Wildman–Crippen LogP) is 4.59. The third-order valence-electron chi connectivity index (χ3n) is 4.68. The Kier molecular flexibility index (Phi) is 3.96. The molecule has 0 amide bonds. The summed E-state index contributed by atoms with van der Waals surface area (Å²) in [6.45, 7) is 1.78. The summed E-state index contributed by atoms with van der Waals surface area (Å²) < 4.78 is 31.9. The van der Waals surface area contributed by atoms with E-state index in [2.05, 4.69) is 4.74 Å². The molecule has 0 bridgehead atoms. The van der Waals surface area contributed by atoms with Crippen LogP contribution in [0.15, 0.2) is 47.1 Å². The van der Waals surface area contributed by atoms with Gasteiger partial charge < -0.3 is 13.9 Å². The van der Waals surface area contributed by atoms with Gasteiger partial charge in [-0.1, -0.05) is 23.7 Å². The molecule has 0 radical (unpaired) electrons. The Morgan fingerprint density at radius 3 is 2.78 bits per heavy atom. The largest absolute Gasteiger partial charge is 0.480 e. The van der Waals surface area contributed by atoms with E-state index in [0.29, 0.717) is 16.0 Å². The Morgan fingerprint density at radius 1 is 1.30 bits per heavy atom. The highest BCUT2D eigenvalue weighted by Gasteiger charge is 2.60. The number of halogens is 2. The second-order valence-electron chi connectivity index (χ2n) is 6.32. The van der Waals surface area contributed by atoms with Crippen molar-refractivity contribution in [3.05, 3.63) is 64.4 Å². The lowest BCUT2D eigenvalue weighted by Gasteiger charge is -2.35. The number of carbonyl (C=O) groups is 2. The summed E-state index contributed by atoms with van der Waals surface area (Å²) in [5, 5.41) is 0.874. The number of benzene rings is 2. The van der Waals surface area contributed by atoms with Gasteiger partial charge in [0.25, 0.3) is 0 Å². The van der Waals surface area contributed by atoms with Gasteiger partial charge in [0, 0.05) is 5.02 Å². The zero-order valence-corrected chi connectivity index (χ0v) is 15.2. The molecule has 5 nitrogen and oxygen atoms in total. The summed E-state index contributed by atoms with van der Waals surface area (Å²) in [4.78, 5) is 25.4. The number of ether oxygens (including phenoxy) is 2. The van der Waals surface area contributed by atoms with Gasteiger partial charge in [0.15, 0.2) is 6.10 Å². The van der Waals surface area contributed by atoms with Gasteiger partial charge >= 0.3 is 11.6 Å². The number of fused-ring (bicyclic) bond motifs is 3. The lowest BCUT2D eigenvalue weighted by atomic mass is 9.82. The molecule has 0 spiro atoms. The quantitative estimate of drug-likeness (QED) is 0.474. The third kappa shape index (κ3) is 2.44. The highest BCUT2D eigenvalue weighted by atomic mass is 35.5. The monoisotopic (exact) mass is 388 g/mol. The number of aryl methyl sites for hydroxylation is 1. The first-order chi connectivity index (χ1) is 12.9. The molecule has 4 rings (SSSR count). The molecule has 27 heavy (non-hydrogen) atoms. The van der Waals surface area contributed by atoms with Gasteiger partial charge in [-0.05, 0) is 42.3 Å². The highest BCUT2D eigenvalue weighted by Crippen LogP contribution is 2.48. The lowest BCUT2D eigenvalue weighted by molar-refractivity contribution is -0.157. The molecule has 3 aromatic rings. The molecule has 1 aliphatic heterocycles. The number of carbonyl (C=O) groups excluding carboxylic acids is 2. The van der Waals surface area contributed by atoms with Crippen molar-refractivity contribution >= 4 is 34.3 Å². The molecule has 0 aliphatic carbocycles. The van der Waals surface area contributed by atoms with Crippen molar-refractivity contribution in [2.75, 3.05) is 7.11 Å². The van der Waals surface area contributed by atoms with Crippen LogP contribution in [0.2, 0.25) is 5.02 Å². The molecule has 0 saturated carbocycles. The molecule has 7 heteroatoms. The molecule has 0 saturated heterocycles. The first-order valence-electron chi connectivity index (χ1n) is 8.13. The normalized spacial score (nSPS) is 21.6. The van der Waals surface area contributed by atoms with Gasteiger partial charge in [0.05, 0.1) is 24.3 Å². The molecule has 2 aromatic carbocycles. The van der Waals surface area contributed by atoms with E-state index in [9.17, 15) is 9.59 Å². The smallest absolute Gasteiger partial charge is 0.356 e. The fraction of sp³-hybridized carbons (Fsp3) is 0.200. The second-order valence-corrected chi connectivity index (χ2v) is 6.76. The van der Waals surface area contributed by atoms with Gasteiger partial charge in [0.1, 0.15) is 11.3 Å². The van der Waals surface area contributed by atoms with Crippen molar-refractivity contribution in [1.82, 2.24) is 0 Å². The van der Waals surface area contributed by atoms with Crippen LogP contribution in [0.5, 0.6) is 5.75 Å². The Morgan fingerprint density at radius 2 is 2.07 bits per heavy atom. The average Bonchev–Trinajstić information content (AvgIpc) is 3.05. The number of esters is 1. The molecule has 1 aromatic heterocycles. The van der Waals surface area contributed by atoms with Crippen molar-refractivity contribution in [3.8, 4) is 5.75 Å². The molecule has 1 aliphatic rings.